The molecule has 3 heterocycles. The van der Waals surface area contributed by atoms with E-state index in [-0.39, 0.29) is 11.7 Å². The molecule has 5 rings (SSSR count). The predicted molar refractivity (Wildman–Crippen MR) is 161 cm³/mol. The number of anilines is 3. The van der Waals surface area contributed by atoms with E-state index in [1.54, 1.807) is 24.4 Å². The summed E-state index contributed by atoms with van der Waals surface area (Å²) in [5.41, 5.74) is 1.24. The Bertz CT molecular complexity index is 1430. The van der Waals surface area contributed by atoms with E-state index < -0.39 is 10.9 Å². The largest absolute Gasteiger partial charge is 0.353 e. The normalized spacial score (nSPS) is 19.6. The van der Waals surface area contributed by atoms with Crippen molar-refractivity contribution in [3.63, 3.8) is 0 Å². The van der Waals surface area contributed by atoms with Gasteiger partial charge in [0.2, 0.25) is 10.9 Å². The topological polar surface area (TPSA) is 68.8 Å². The van der Waals surface area contributed by atoms with Gasteiger partial charge in [0.15, 0.2) is 0 Å². The Kier molecular flexibility index (Phi) is 8.80. The monoisotopic (exact) mass is 587 g/mol. The van der Waals surface area contributed by atoms with Gasteiger partial charge in [0, 0.05) is 54.4 Å². The van der Waals surface area contributed by atoms with Crippen LogP contribution in [0.5, 0.6) is 0 Å². The maximum Gasteiger partial charge on any atom is 0.249 e. The molecule has 10 heteroatoms. The number of piperidine rings is 1. The molecule has 1 atom stereocenters. The van der Waals surface area contributed by atoms with E-state index in [1.807, 2.05) is 13.8 Å². The third-order valence-corrected chi connectivity index (χ3v) is 8.86. The Morgan fingerprint density at radius 2 is 1.82 bits per heavy atom. The third-order valence-electron chi connectivity index (χ3n) is 8.35. The minimum Gasteiger partial charge on any atom is -0.353 e. The first-order chi connectivity index (χ1) is 19.2. The number of rotatable bonds is 8. The van der Waals surface area contributed by atoms with Crippen molar-refractivity contribution in [2.24, 2.45) is 0 Å². The summed E-state index contributed by atoms with van der Waals surface area (Å²) in [6.07, 6.45) is 4.81. The first-order valence-corrected chi connectivity index (χ1v) is 14.8. The van der Waals surface area contributed by atoms with Crippen molar-refractivity contribution in [1.29, 1.82) is 0 Å². The van der Waals surface area contributed by atoms with E-state index in [4.69, 9.17) is 23.2 Å². The number of hydrogen-bond acceptors (Lipinski definition) is 7. The highest BCUT2D eigenvalue weighted by Gasteiger charge is 2.34. The minimum atomic E-state index is -0.492. The van der Waals surface area contributed by atoms with E-state index in [1.165, 1.54) is 6.07 Å². The molecule has 1 aromatic heterocycles. The molecule has 0 spiro atoms. The molecule has 0 aliphatic carbocycles. The zero-order chi connectivity index (χ0) is 28.6. The zero-order valence-electron chi connectivity index (χ0n) is 23.2. The first-order valence-electron chi connectivity index (χ1n) is 14.1. The van der Waals surface area contributed by atoms with Crippen molar-refractivity contribution in [3.8, 4) is 0 Å². The summed E-state index contributed by atoms with van der Waals surface area (Å²) in [7, 11) is 0. The highest BCUT2D eigenvalue weighted by molar-refractivity contribution is 6.33. The van der Waals surface area contributed by atoms with Crippen molar-refractivity contribution in [3.05, 3.63) is 77.9 Å². The molecule has 40 heavy (non-hydrogen) atoms. The fourth-order valence-electron chi connectivity index (χ4n) is 6.17. The molecular formula is C30H36Cl2FN5O2. The fraction of sp³-hybridized carbons (Fsp3) is 0.500. The lowest BCUT2D eigenvalue weighted by Gasteiger charge is -2.47. The van der Waals surface area contributed by atoms with Gasteiger partial charge in [-0.05, 0) is 56.5 Å². The van der Waals surface area contributed by atoms with Crippen LogP contribution in [0.2, 0.25) is 10.0 Å². The van der Waals surface area contributed by atoms with Crippen LogP contribution < -0.4 is 21.1 Å². The summed E-state index contributed by atoms with van der Waals surface area (Å²) in [5, 5.41) is 4.00. The second kappa shape index (κ2) is 12.1. The Labute approximate surface area is 244 Å². The maximum absolute atomic E-state index is 14.3. The smallest absolute Gasteiger partial charge is 0.249 e. The highest BCUT2D eigenvalue weighted by Crippen LogP contribution is 2.32. The molecule has 214 valence electrons. The summed E-state index contributed by atoms with van der Waals surface area (Å²) in [6, 6.07) is 7.58. The minimum absolute atomic E-state index is 0.0311. The van der Waals surface area contributed by atoms with Crippen LogP contribution in [0.1, 0.15) is 57.1 Å². The van der Waals surface area contributed by atoms with Gasteiger partial charge in [-0.3, -0.25) is 19.4 Å². The number of nitrogens with zero attached hydrogens (tertiary/aromatic N) is 4. The number of hydrogen-bond donors (Lipinski definition) is 1. The number of likely N-dealkylation sites (tertiary alicyclic amines) is 1. The van der Waals surface area contributed by atoms with E-state index in [2.05, 4.69) is 31.9 Å². The lowest BCUT2D eigenvalue weighted by Crippen LogP contribution is -2.58. The molecule has 3 aromatic rings. The number of pyridine rings is 1. The molecule has 2 aliphatic rings. The van der Waals surface area contributed by atoms with Gasteiger partial charge in [0.1, 0.15) is 11.6 Å². The fourth-order valence-corrected chi connectivity index (χ4v) is 6.61. The van der Waals surface area contributed by atoms with Crippen LogP contribution in [0.15, 0.2) is 40.1 Å². The van der Waals surface area contributed by atoms with E-state index in [0.717, 1.165) is 57.8 Å². The lowest BCUT2D eigenvalue weighted by atomic mass is 9.96. The molecule has 1 N–H and O–H groups in total. The number of aromatic nitrogens is 1. The van der Waals surface area contributed by atoms with Crippen LogP contribution in [0.3, 0.4) is 0 Å². The van der Waals surface area contributed by atoms with Crippen LogP contribution in [-0.4, -0.2) is 59.6 Å². The highest BCUT2D eigenvalue weighted by atomic mass is 35.5. The molecule has 0 amide bonds. The molecule has 0 saturated carbocycles. The molecule has 0 radical (unpaired) electrons. The summed E-state index contributed by atoms with van der Waals surface area (Å²) in [5.74, 6) is 0.465. The second-order valence-electron chi connectivity index (χ2n) is 11.2. The molecule has 2 aliphatic heterocycles. The van der Waals surface area contributed by atoms with Gasteiger partial charge in [0.25, 0.3) is 0 Å². The van der Waals surface area contributed by atoms with Crippen LogP contribution in [0.25, 0.3) is 0 Å². The Morgan fingerprint density at radius 3 is 2.48 bits per heavy atom. The number of nitrogens with one attached hydrogen (secondary N) is 1. The first kappa shape index (κ1) is 29.0. The Balaban J connectivity index is 1.19. The lowest BCUT2D eigenvalue weighted by molar-refractivity contribution is 0.0607. The van der Waals surface area contributed by atoms with E-state index >= 15 is 0 Å². The second-order valence-corrected chi connectivity index (χ2v) is 12.1. The molecule has 7 nitrogen and oxygen atoms in total. The van der Waals surface area contributed by atoms with Crippen LogP contribution in [0, 0.1) is 5.82 Å². The van der Waals surface area contributed by atoms with Crippen LogP contribution in [-0.2, 0) is 6.54 Å². The van der Waals surface area contributed by atoms with Crippen molar-refractivity contribution in [1.82, 2.24) is 14.8 Å². The van der Waals surface area contributed by atoms with Gasteiger partial charge in [-0.1, -0.05) is 50.0 Å². The standard InChI is InChI=1S/C30H36Cl2FN5O2/c1-4-22-17-37(30-24(32)14-21(15-34-30)35-27-26(18(2)3)28(39)29(27)40)11-12-38(22)23-7-9-36(10-8-23)16-19-5-6-20(31)13-25(19)33/h5-6,13-15,18,22-23,35H,4,7-12,16-17H2,1-3H3/t22-/m0/s1. The molecule has 0 bridgehead atoms. The zero-order valence-corrected chi connectivity index (χ0v) is 24.7. The van der Waals surface area contributed by atoms with Gasteiger partial charge < -0.3 is 10.2 Å². The van der Waals surface area contributed by atoms with Crippen molar-refractivity contribution >= 4 is 40.4 Å². The van der Waals surface area contributed by atoms with Gasteiger partial charge in [-0.25, -0.2) is 9.37 Å². The number of halogens is 3. The summed E-state index contributed by atoms with van der Waals surface area (Å²) in [4.78, 5) is 35.9. The van der Waals surface area contributed by atoms with E-state index in [0.29, 0.717) is 51.2 Å². The average Bonchev–Trinajstić information content (AvgIpc) is 2.94. The predicted octanol–water partition coefficient (Wildman–Crippen LogP) is 5.56. The van der Waals surface area contributed by atoms with Crippen molar-refractivity contribution < 1.29 is 4.39 Å². The Morgan fingerprint density at radius 1 is 1.07 bits per heavy atom. The van der Waals surface area contributed by atoms with Crippen molar-refractivity contribution in [2.45, 2.75) is 64.6 Å². The molecule has 2 saturated heterocycles. The number of benzene rings is 1. The van der Waals surface area contributed by atoms with Gasteiger partial charge in [0.05, 0.1) is 22.6 Å². The quantitative estimate of drug-likeness (QED) is 0.346. The van der Waals surface area contributed by atoms with E-state index in [9.17, 15) is 14.0 Å². The number of piperazine rings is 1. The van der Waals surface area contributed by atoms with Gasteiger partial charge in [-0.15, -0.1) is 0 Å². The SMILES string of the molecule is CC[C@H]1CN(c2ncc(Nc3c(C(C)C)c(=O)c3=O)cc2Cl)CCN1C1CCN(Cc2ccc(Cl)cc2F)CC1. The van der Waals surface area contributed by atoms with Crippen molar-refractivity contribution in [2.75, 3.05) is 42.9 Å². The molecule has 2 fully saturated rings. The maximum atomic E-state index is 14.3. The average molecular weight is 589 g/mol. The molecule has 2 aromatic carbocycles. The van der Waals surface area contributed by atoms with Gasteiger partial charge >= 0.3 is 0 Å². The summed E-state index contributed by atoms with van der Waals surface area (Å²) in [6.45, 7) is 11.1. The molecular weight excluding hydrogens is 552 g/mol. The molecule has 0 unspecified atom stereocenters. The van der Waals surface area contributed by atoms with Gasteiger partial charge in [-0.2, -0.15) is 0 Å². The summed E-state index contributed by atoms with van der Waals surface area (Å²) < 4.78 is 14.3. The van der Waals surface area contributed by atoms with Crippen LogP contribution >= 0.6 is 23.2 Å². The third kappa shape index (κ3) is 5.91. The van der Waals surface area contributed by atoms with Crippen LogP contribution in [0.4, 0.5) is 21.6 Å². The summed E-state index contributed by atoms with van der Waals surface area (Å²) >= 11 is 12.6. The Hall–Kier alpha value is -2.52.